The summed E-state index contributed by atoms with van der Waals surface area (Å²) in [6, 6.07) is 16.2. The van der Waals surface area contributed by atoms with Crippen LogP contribution in [0.2, 0.25) is 0 Å². The third-order valence-electron chi connectivity index (χ3n) is 4.12. The lowest BCUT2D eigenvalue weighted by Crippen LogP contribution is -2.31. The molecule has 3 heteroatoms. The molecule has 2 aromatic carbocycles. The van der Waals surface area contributed by atoms with E-state index >= 15 is 0 Å². The zero-order chi connectivity index (χ0) is 12.9. The highest BCUT2D eigenvalue weighted by molar-refractivity contribution is 5.68. The van der Waals surface area contributed by atoms with Crippen molar-refractivity contribution in [1.82, 2.24) is 0 Å². The normalized spacial score (nSPS) is 22.3. The molecule has 0 amide bonds. The Kier molecular flexibility index (Phi) is 1.94. The molecule has 3 nitrogen and oxygen atoms in total. The lowest BCUT2D eigenvalue weighted by Gasteiger charge is -2.22. The van der Waals surface area contributed by atoms with E-state index in [9.17, 15) is 0 Å². The van der Waals surface area contributed by atoms with Gasteiger partial charge in [0.05, 0.1) is 17.0 Å². The molecular formula is C16H12N2O. The summed E-state index contributed by atoms with van der Waals surface area (Å²) in [4.78, 5) is 0. The number of ether oxygens (including phenoxy) is 1. The maximum atomic E-state index is 9.09. The molecular weight excluding hydrogens is 236 g/mol. The molecule has 0 aromatic heterocycles. The van der Waals surface area contributed by atoms with Gasteiger partial charge in [0, 0.05) is 17.8 Å². The van der Waals surface area contributed by atoms with Crippen LogP contribution < -0.4 is 10.1 Å². The van der Waals surface area contributed by atoms with Crippen molar-refractivity contribution in [2.24, 2.45) is 0 Å². The molecule has 0 saturated heterocycles. The van der Waals surface area contributed by atoms with Crippen molar-refractivity contribution in [2.75, 3.05) is 18.5 Å². The third kappa shape index (κ3) is 1.26. The van der Waals surface area contributed by atoms with E-state index in [2.05, 4.69) is 29.6 Å². The predicted molar refractivity (Wildman–Crippen MR) is 72.4 cm³/mol. The van der Waals surface area contributed by atoms with Gasteiger partial charge in [0.1, 0.15) is 12.4 Å². The molecule has 19 heavy (non-hydrogen) atoms. The van der Waals surface area contributed by atoms with Crippen molar-refractivity contribution in [3.05, 3.63) is 59.2 Å². The van der Waals surface area contributed by atoms with Gasteiger partial charge in [0.25, 0.3) is 0 Å². The second kappa shape index (κ2) is 3.52. The highest BCUT2D eigenvalue weighted by Crippen LogP contribution is 2.49. The third-order valence-corrected chi connectivity index (χ3v) is 4.12. The van der Waals surface area contributed by atoms with Gasteiger partial charge in [-0.3, -0.25) is 0 Å². The summed E-state index contributed by atoms with van der Waals surface area (Å²) >= 11 is 0. The van der Waals surface area contributed by atoms with E-state index in [1.165, 1.54) is 11.3 Å². The standard InChI is InChI=1S/C16H12N2O/c17-8-11-5-6-15-13(7-11)16(10-19-15)9-18-14-4-2-1-3-12(14)16/h1-7,18H,9-10H2. The summed E-state index contributed by atoms with van der Waals surface area (Å²) in [6.45, 7) is 1.47. The molecule has 0 fully saturated rings. The second-order valence-corrected chi connectivity index (χ2v) is 5.09. The second-order valence-electron chi connectivity index (χ2n) is 5.09. The number of hydrogen-bond acceptors (Lipinski definition) is 3. The molecule has 1 unspecified atom stereocenters. The topological polar surface area (TPSA) is 45.0 Å². The molecule has 2 aromatic rings. The number of hydrogen-bond donors (Lipinski definition) is 1. The Morgan fingerprint density at radius 2 is 2.05 bits per heavy atom. The van der Waals surface area contributed by atoms with Gasteiger partial charge in [0.15, 0.2) is 0 Å². The number of nitrogens with zero attached hydrogens (tertiary/aromatic N) is 1. The minimum absolute atomic E-state index is 0.140. The molecule has 1 spiro atoms. The van der Waals surface area contributed by atoms with E-state index in [-0.39, 0.29) is 5.41 Å². The molecule has 0 saturated carbocycles. The van der Waals surface area contributed by atoms with Gasteiger partial charge in [-0.1, -0.05) is 18.2 Å². The summed E-state index contributed by atoms with van der Waals surface area (Å²) in [5.74, 6) is 0.900. The number of benzene rings is 2. The SMILES string of the molecule is N#Cc1ccc2c(c1)C1(CNc3ccccc31)CO2. The fourth-order valence-corrected chi connectivity index (χ4v) is 3.14. The smallest absolute Gasteiger partial charge is 0.123 e. The van der Waals surface area contributed by atoms with Gasteiger partial charge in [-0.15, -0.1) is 0 Å². The Bertz CT molecular complexity index is 713. The largest absolute Gasteiger partial charge is 0.492 e. The Labute approximate surface area is 111 Å². The molecule has 0 bridgehead atoms. The van der Waals surface area contributed by atoms with E-state index in [4.69, 9.17) is 10.00 Å². The van der Waals surface area contributed by atoms with Crippen LogP contribution in [0.3, 0.4) is 0 Å². The highest BCUT2D eigenvalue weighted by Gasteiger charge is 2.46. The van der Waals surface area contributed by atoms with E-state index in [1.54, 1.807) is 0 Å². The van der Waals surface area contributed by atoms with Crippen LogP contribution in [0.25, 0.3) is 0 Å². The van der Waals surface area contributed by atoms with Crippen molar-refractivity contribution >= 4 is 5.69 Å². The molecule has 2 heterocycles. The predicted octanol–water partition coefficient (Wildman–Crippen LogP) is 2.66. The van der Waals surface area contributed by atoms with Crippen molar-refractivity contribution in [1.29, 1.82) is 5.26 Å². The van der Waals surface area contributed by atoms with Crippen LogP contribution in [-0.4, -0.2) is 13.2 Å². The first-order valence-electron chi connectivity index (χ1n) is 6.34. The fourth-order valence-electron chi connectivity index (χ4n) is 3.14. The summed E-state index contributed by atoms with van der Waals surface area (Å²) in [7, 11) is 0. The average Bonchev–Trinajstić information content (AvgIpc) is 3.03. The molecule has 0 radical (unpaired) electrons. The van der Waals surface area contributed by atoms with Crippen LogP contribution >= 0.6 is 0 Å². The van der Waals surface area contributed by atoms with Crippen LogP contribution in [0.5, 0.6) is 5.75 Å². The van der Waals surface area contributed by atoms with Crippen LogP contribution in [-0.2, 0) is 5.41 Å². The first-order valence-corrected chi connectivity index (χ1v) is 6.34. The summed E-state index contributed by atoms with van der Waals surface area (Å²) in [5.41, 5.74) is 4.11. The maximum Gasteiger partial charge on any atom is 0.123 e. The van der Waals surface area contributed by atoms with Gasteiger partial charge in [-0.25, -0.2) is 0 Å². The van der Waals surface area contributed by atoms with Gasteiger partial charge >= 0.3 is 0 Å². The van der Waals surface area contributed by atoms with Gasteiger partial charge in [0.2, 0.25) is 0 Å². The van der Waals surface area contributed by atoms with Crippen LogP contribution in [0, 0.1) is 11.3 Å². The van der Waals surface area contributed by atoms with Gasteiger partial charge < -0.3 is 10.1 Å². The van der Waals surface area contributed by atoms with Crippen LogP contribution in [0.4, 0.5) is 5.69 Å². The summed E-state index contributed by atoms with van der Waals surface area (Å²) in [5, 5.41) is 12.5. The van der Waals surface area contributed by atoms with Gasteiger partial charge in [-0.2, -0.15) is 5.26 Å². The Morgan fingerprint density at radius 1 is 1.16 bits per heavy atom. The Morgan fingerprint density at radius 3 is 2.95 bits per heavy atom. The molecule has 4 rings (SSSR count). The summed E-state index contributed by atoms with van der Waals surface area (Å²) in [6.07, 6.45) is 0. The first kappa shape index (κ1) is 10.5. The average molecular weight is 248 g/mol. The minimum Gasteiger partial charge on any atom is -0.492 e. The minimum atomic E-state index is -0.140. The molecule has 1 atom stereocenters. The first-order chi connectivity index (χ1) is 9.33. The number of fused-ring (bicyclic) bond motifs is 4. The quantitative estimate of drug-likeness (QED) is 0.779. The lowest BCUT2D eigenvalue weighted by atomic mass is 9.77. The Hall–Kier alpha value is -2.47. The zero-order valence-corrected chi connectivity index (χ0v) is 10.3. The van der Waals surface area contributed by atoms with Crippen LogP contribution in [0.15, 0.2) is 42.5 Å². The van der Waals surface area contributed by atoms with Crippen molar-refractivity contribution < 1.29 is 4.74 Å². The fraction of sp³-hybridized carbons (Fsp3) is 0.188. The van der Waals surface area contributed by atoms with E-state index in [0.717, 1.165) is 17.9 Å². The monoisotopic (exact) mass is 248 g/mol. The molecule has 2 aliphatic heterocycles. The number of nitriles is 1. The molecule has 2 aliphatic rings. The molecule has 0 aliphatic carbocycles. The molecule has 92 valence electrons. The van der Waals surface area contributed by atoms with E-state index in [0.29, 0.717) is 12.2 Å². The van der Waals surface area contributed by atoms with E-state index in [1.807, 2.05) is 24.3 Å². The number of para-hydroxylation sites is 1. The number of anilines is 1. The molecule has 1 N–H and O–H groups in total. The zero-order valence-electron chi connectivity index (χ0n) is 10.3. The maximum absolute atomic E-state index is 9.09. The van der Waals surface area contributed by atoms with Crippen molar-refractivity contribution in [3.8, 4) is 11.8 Å². The summed E-state index contributed by atoms with van der Waals surface area (Å²) < 4.78 is 5.84. The van der Waals surface area contributed by atoms with E-state index < -0.39 is 0 Å². The number of rotatable bonds is 0. The van der Waals surface area contributed by atoms with Crippen LogP contribution in [0.1, 0.15) is 16.7 Å². The lowest BCUT2D eigenvalue weighted by molar-refractivity contribution is 0.303. The van der Waals surface area contributed by atoms with Crippen molar-refractivity contribution in [2.45, 2.75) is 5.41 Å². The van der Waals surface area contributed by atoms with Gasteiger partial charge in [-0.05, 0) is 29.8 Å². The van der Waals surface area contributed by atoms with Crippen molar-refractivity contribution in [3.63, 3.8) is 0 Å². The highest BCUT2D eigenvalue weighted by atomic mass is 16.5. The Balaban J connectivity index is 1.96. The number of nitrogens with one attached hydrogen (secondary N) is 1.